The van der Waals surface area contributed by atoms with Crippen LogP contribution in [-0.4, -0.2) is 48.1 Å². The number of carbonyl (C=O) groups is 2. The number of methoxy groups -OCH3 is 1. The third-order valence-corrected chi connectivity index (χ3v) is 6.22. The Morgan fingerprint density at radius 2 is 1.90 bits per heavy atom. The van der Waals surface area contributed by atoms with E-state index in [1.807, 2.05) is 28.8 Å². The van der Waals surface area contributed by atoms with E-state index in [0.29, 0.717) is 18.0 Å². The summed E-state index contributed by atoms with van der Waals surface area (Å²) in [7, 11) is 1.38. The van der Waals surface area contributed by atoms with Crippen molar-refractivity contribution in [1.29, 1.82) is 0 Å². The topological polar surface area (TPSA) is 80.6 Å². The fraction of sp³-hybridized carbons (Fsp3) is 0.435. The normalized spacial score (nSPS) is 22.8. The number of nitrogens with zero attached hydrogens (tertiary/aromatic N) is 2. The largest absolute Gasteiger partial charge is 0.465 e. The molecule has 0 aliphatic carbocycles. The zero-order valence-electron chi connectivity index (χ0n) is 17.3. The van der Waals surface area contributed by atoms with Crippen molar-refractivity contribution < 1.29 is 14.3 Å². The minimum Gasteiger partial charge on any atom is -0.465 e. The summed E-state index contributed by atoms with van der Waals surface area (Å²) in [6.07, 6.45) is 1.02. The predicted molar refractivity (Wildman–Crippen MR) is 112 cm³/mol. The van der Waals surface area contributed by atoms with E-state index in [9.17, 15) is 14.4 Å². The average molecular weight is 409 g/mol. The number of amides is 1. The molecule has 1 aromatic carbocycles. The van der Waals surface area contributed by atoms with Crippen LogP contribution in [0.5, 0.6) is 0 Å². The first kappa shape index (κ1) is 20.3. The number of benzene rings is 1. The standard InChI is InChI=1S/C23H27N3O4/c1-15(27)24-11-21-19-10-18(20-4-3-5-22(28)26(20)21)13-25(14-19)12-16-6-8-17(9-7-16)23(29)30-2/h3-9,18-19,21H,10-14H2,1-2H3,(H,24,27)/t18-,19+,21+/m1/s1. The monoisotopic (exact) mass is 409 g/mol. The van der Waals surface area contributed by atoms with Crippen molar-refractivity contribution in [1.82, 2.24) is 14.8 Å². The first-order chi connectivity index (χ1) is 14.5. The fourth-order valence-corrected chi connectivity index (χ4v) is 4.90. The van der Waals surface area contributed by atoms with Crippen LogP contribution < -0.4 is 10.9 Å². The molecule has 3 atom stereocenters. The van der Waals surface area contributed by atoms with Crippen molar-refractivity contribution >= 4 is 11.9 Å². The van der Waals surface area contributed by atoms with Crippen LogP contribution in [0.4, 0.5) is 0 Å². The van der Waals surface area contributed by atoms with E-state index in [1.165, 1.54) is 14.0 Å². The van der Waals surface area contributed by atoms with E-state index in [2.05, 4.69) is 10.2 Å². The molecule has 30 heavy (non-hydrogen) atoms. The third kappa shape index (κ3) is 4.03. The second-order valence-corrected chi connectivity index (χ2v) is 8.24. The van der Waals surface area contributed by atoms with Crippen LogP contribution in [0.1, 0.15) is 46.9 Å². The highest BCUT2D eigenvalue weighted by atomic mass is 16.5. The molecule has 1 amide bonds. The summed E-state index contributed by atoms with van der Waals surface area (Å²) in [5, 5.41) is 2.91. The Kier molecular flexibility index (Phi) is 5.72. The summed E-state index contributed by atoms with van der Waals surface area (Å²) in [6.45, 7) is 4.49. The van der Waals surface area contributed by atoms with Crippen LogP contribution >= 0.6 is 0 Å². The first-order valence-corrected chi connectivity index (χ1v) is 10.3. The summed E-state index contributed by atoms with van der Waals surface area (Å²) >= 11 is 0. The van der Waals surface area contributed by atoms with Crippen molar-refractivity contribution in [3.05, 3.63) is 69.6 Å². The average Bonchev–Trinajstić information content (AvgIpc) is 2.74. The highest BCUT2D eigenvalue weighted by molar-refractivity contribution is 5.89. The Labute approximate surface area is 175 Å². The van der Waals surface area contributed by atoms with Crippen molar-refractivity contribution in [2.75, 3.05) is 26.7 Å². The highest BCUT2D eigenvalue weighted by Gasteiger charge is 2.40. The number of likely N-dealkylation sites (tertiary alicyclic amines) is 1. The van der Waals surface area contributed by atoms with Gasteiger partial charge in [-0.05, 0) is 36.1 Å². The van der Waals surface area contributed by atoms with Crippen molar-refractivity contribution in [3.8, 4) is 0 Å². The molecule has 0 saturated carbocycles. The molecule has 2 bridgehead atoms. The van der Waals surface area contributed by atoms with Crippen LogP contribution in [0.3, 0.4) is 0 Å². The molecule has 158 valence electrons. The minimum atomic E-state index is -0.336. The Morgan fingerprint density at radius 1 is 1.13 bits per heavy atom. The maximum Gasteiger partial charge on any atom is 0.337 e. The molecule has 2 aliphatic heterocycles. The van der Waals surface area contributed by atoms with E-state index in [4.69, 9.17) is 4.74 Å². The van der Waals surface area contributed by atoms with E-state index in [-0.39, 0.29) is 29.4 Å². The zero-order valence-corrected chi connectivity index (χ0v) is 17.3. The SMILES string of the molecule is COC(=O)c1ccc(CN2C[C@H]3C[C@@H](C2)[C@H](CNC(C)=O)n2c3cccc2=O)cc1. The van der Waals surface area contributed by atoms with Gasteiger partial charge in [0.05, 0.1) is 18.7 Å². The number of ether oxygens (including phenoxy) is 1. The number of piperidine rings is 1. The van der Waals surface area contributed by atoms with Gasteiger partial charge in [0.2, 0.25) is 5.91 Å². The van der Waals surface area contributed by atoms with Gasteiger partial charge in [-0.3, -0.25) is 14.5 Å². The second kappa shape index (κ2) is 8.44. The van der Waals surface area contributed by atoms with Crippen LogP contribution in [0.2, 0.25) is 0 Å². The molecule has 0 radical (unpaired) electrons. The molecule has 0 spiro atoms. The number of pyridine rings is 1. The molecule has 0 unspecified atom stereocenters. The molecule has 4 rings (SSSR count). The molecule has 2 aromatic rings. The van der Waals surface area contributed by atoms with Gasteiger partial charge in [0, 0.05) is 50.8 Å². The third-order valence-electron chi connectivity index (χ3n) is 6.22. The molecular formula is C23H27N3O4. The first-order valence-electron chi connectivity index (χ1n) is 10.3. The van der Waals surface area contributed by atoms with E-state index < -0.39 is 0 Å². The maximum absolute atomic E-state index is 12.6. The summed E-state index contributed by atoms with van der Waals surface area (Å²) in [5.41, 5.74) is 2.73. The van der Waals surface area contributed by atoms with Gasteiger partial charge in [-0.1, -0.05) is 18.2 Å². The summed E-state index contributed by atoms with van der Waals surface area (Å²) in [5.74, 6) is 0.163. The smallest absolute Gasteiger partial charge is 0.337 e. The van der Waals surface area contributed by atoms with Gasteiger partial charge in [-0.15, -0.1) is 0 Å². The number of nitrogens with one attached hydrogen (secondary N) is 1. The van der Waals surface area contributed by atoms with Crippen LogP contribution in [-0.2, 0) is 16.1 Å². The van der Waals surface area contributed by atoms with Gasteiger partial charge in [-0.2, -0.15) is 0 Å². The molecule has 3 heterocycles. The Hall–Kier alpha value is -2.93. The molecule has 7 nitrogen and oxygen atoms in total. The van der Waals surface area contributed by atoms with Crippen molar-refractivity contribution in [2.24, 2.45) is 5.92 Å². The number of hydrogen-bond donors (Lipinski definition) is 1. The van der Waals surface area contributed by atoms with E-state index in [1.54, 1.807) is 18.2 Å². The molecular weight excluding hydrogens is 382 g/mol. The number of fused-ring (bicyclic) bond motifs is 4. The van der Waals surface area contributed by atoms with Crippen LogP contribution in [0, 0.1) is 5.92 Å². The van der Waals surface area contributed by atoms with E-state index in [0.717, 1.165) is 37.3 Å². The lowest BCUT2D eigenvalue weighted by Gasteiger charge is -2.47. The minimum absolute atomic E-state index is 0.00408. The lowest BCUT2D eigenvalue weighted by Crippen LogP contribution is -2.51. The van der Waals surface area contributed by atoms with Gasteiger partial charge >= 0.3 is 5.97 Å². The maximum atomic E-state index is 12.6. The summed E-state index contributed by atoms with van der Waals surface area (Å²) in [4.78, 5) is 38.2. The molecule has 7 heteroatoms. The van der Waals surface area contributed by atoms with Gasteiger partial charge in [0.25, 0.3) is 5.56 Å². The lowest BCUT2D eigenvalue weighted by atomic mass is 9.78. The van der Waals surface area contributed by atoms with Gasteiger partial charge in [0.1, 0.15) is 0 Å². The second-order valence-electron chi connectivity index (χ2n) is 8.24. The van der Waals surface area contributed by atoms with Crippen molar-refractivity contribution in [3.63, 3.8) is 0 Å². The number of rotatable bonds is 5. The molecule has 1 fully saturated rings. The van der Waals surface area contributed by atoms with Crippen LogP contribution in [0.25, 0.3) is 0 Å². The van der Waals surface area contributed by atoms with E-state index >= 15 is 0 Å². The number of hydrogen-bond acceptors (Lipinski definition) is 5. The van der Waals surface area contributed by atoms with Crippen molar-refractivity contribution in [2.45, 2.75) is 31.8 Å². The van der Waals surface area contributed by atoms with Gasteiger partial charge in [0.15, 0.2) is 0 Å². The molecule has 1 N–H and O–H groups in total. The molecule has 1 saturated heterocycles. The molecule has 2 aliphatic rings. The molecule has 1 aromatic heterocycles. The Morgan fingerprint density at radius 3 is 2.60 bits per heavy atom. The summed E-state index contributed by atoms with van der Waals surface area (Å²) < 4.78 is 6.66. The Bertz CT molecular complexity index is 998. The van der Waals surface area contributed by atoms with Gasteiger partial charge in [-0.25, -0.2) is 4.79 Å². The van der Waals surface area contributed by atoms with Crippen LogP contribution in [0.15, 0.2) is 47.3 Å². The fourth-order valence-electron chi connectivity index (χ4n) is 4.90. The Balaban J connectivity index is 1.56. The van der Waals surface area contributed by atoms with Gasteiger partial charge < -0.3 is 14.6 Å². The number of aromatic nitrogens is 1. The number of esters is 1. The predicted octanol–water partition coefficient (Wildman–Crippen LogP) is 1.93. The highest BCUT2D eigenvalue weighted by Crippen LogP contribution is 2.41. The lowest BCUT2D eigenvalue weighted by molar-refractivity contribution is -0.119. The summed E-state index contributed by atoms with van der Waals surface area (Å²) in [6, 6.07) is 12.9. The quantitative estimate of drug-likeness (QED) is 0.764. The number of carbonyl (C=O) groups excluding carboxylic acids is 2. The zero-order chi connectivity index (χ0) is 21.3.